The molecule has 8 heteroatoms. The number of nitrogens with one attached hydrogen (secondary N) is 1. The summed E-state index contributed by atoms with van der Waals surface area (Å²) in [5.74, 6) is 3.61. The fourth-order valence-corrected chi connectivity index (χ4v) is 4.78. The lowest BCUT2D eigenvalue weighted by Gasteiger charge is -2.20. The SMILES string of the molecule is C/C=C\C.C=CC1=CC(S(=O)(=O)NC)=CCC1CC.C=Cc1ccc(Cc2nc(-c3ccccc3)oc2CC)o1.CC.CO. The molecule has 1 unspecified atom stereocenters. The van der Waals surface area contributed by atoms with Gasteiger partial charge >= 0.3 is 0 Å². The third-order valence-electron chi connectivity index (χ3n) is 6.37. The summed E-state index contributed by atoms with van der Waals surface area (Å²) in [6.07, 6.45) is 14.1. The maximum Gasteiger partial charge on any atom is 0.239 e. The van der Waals surface area contributed by atoms with E-state index < -0.39 is 10.0 Å². The van der Waals surface area contributed by atoms with E-state index in [9.17, 15) is 8.42 Å². The maximum absolute atomic E-state index is 11.6. The number of hydrogen-bond donors (Lipinski definition) is 2. The van der Waals surface area contributed by atoms with E-state index in [1.807, 2.05) is 82.3 Å². The molecule has 0 saturated carbocycles. The summed E-state index contributed by atoms with van der Waals surface area (Å²) >= 11 is 0. The highest BCUT2D eigenvalue weighted by Gasteiger charge is 2.20. The van der Waals surface area contributed by atoms with Gasteiger partial charge < -0.3 is 13.9 Å². The molecule has 0 aliphatic heterocycles. The first kappa shape index (κ1) is 40.3. The Hall–Kier alpha value is -3.72. The largest absolute Gasteiger partial charge is 0.461 e. The molecule has 2 aromatic heterocycles. The number of sulfonamides is 1. The number of nitrogens with zero attached hydrogens (tertiary/aromatic N) is 1. The summed E-state index contributed by atoms with van der Waals surface area (Å²) < 4.78 is 37.0. The lowest BCUT2D eigenvalue weighted by atomic mass is 9.89. The molecule has 4 rings (SSSR count). The van der Waals surface area contributed by atoms with Gasteiger partial charge in [0.15, 0.2) is 0 Å². The number of aryl methyl sites for hydroxylation is 1. The molecule has 1 aliphatic rings. The first-order chi connectivity index (χ1) is 21.3. The molecule has 7 nitrogen and oxygen atoms in total. The number of benzene rings is 1. The van der Waals surface area contributed by atoms with Crippen LogP contribution in [0.2, 0.25) is 0 Å². The van der Waals surface area contributed by atoms with Gasteiger partial charge in [-0.3, -0.25) is 0 Å². The molecule has 3 aromatic rings. The molecule has 0 bridgehead atoms. The molecular formula is C36H52N2O5S. The predicted molar refractivity (Wildman–Crippen MR) is 186 cm³/mol. The quantitative estimate of drug-likeness (QED) is 0.230. The highest BCUT2D eigenvalue weighted by atomic mass is 32.2. The van der Waals surface area contributed by atoms with E-state index in [4.69, 9.17) is 13.9 Å². The molecule has 0 amide bonds. The van der Waals surface area contributed by atoms with Crippen LogP contribution in [0.5, 0.6) is 0 Å². The number of rotatable bonds is 9. The van der Waals surface area contributed by atoms with E-state index in [1.54, 1.807) is 24.3 Å². The van der Waals surface area contributed by atoms with E-state index in [2.05, 4.69) is 36.7 Å². The van der Waals surface area contributed by atoms with Crippen LogP contribution in [0.4, 0.5) is 0 Å². The van der Waals surface area contributed by atoms with E-state index in [0.717, 1.165) is 60.5 Å². The van der Waals surface area contributed by atoms with Crippen LogP contribution in [0.1, 0.15) is 77.4 Å². The number of furan rings is 1. The third kappa shape index (κ3) is 12.9. The highest BCUT2D eigenvalue weighted by Crippen LogP contribution is 2.29. The monoisotopic (exact) mass is 624 g/mol. The molecular weight excluding hydrogens is 572 g/mol. The van der Waals surface area contributed by atoms with Crippen molar-refractivity contribution >= 4 is 16.1 Å². The van der Waals surface area contributed by atoms with Gasteiger partial charge in [0.25, 0.3) is 0 Å². The molecule has 0 fully saturated rings. The van der Waals surface area contributed by atoms with Crippen molar-refractivity contribution in [3.63, 3.8) is 0 Å². The van der Waals surface area contributed by atoms with Crippen LogP contribution >= 0.6 is 0 Å². The van der Waals surface area contributed by atoms with E-state index in [1.165, 1.54) is 7.05 Å². The van der Waals surface area contributed by atoms with Gasteiger partial charge in [0, 0.05) is 19.1 Å². The van der Waals surface area contributed by atoms with Gasteiger partial charge in [0.1, 0.15) is 17.3 Å². The molecule has 1 atom stereocenters. The molecule has 0 radical (unpaired) electrons. The van der Waals surface area contributed by atoms with Crippen LogP contribution in [0.3, 0.4) is 0 Å². The second-order valence-electron chi connectivity index (χ2n) is 8.96. The number of aliphatic hydroxyl groups excluding tert-OH is 1. The number of oxazole rings is 1. The van der Waals surface area contributed by atoms with Gasteiger partial charge in [-0.2, -0.15) is 0 Å². The number of aliphatic hydroxyl groups is 1. The van der Waals surface area contributed by atoms with Crippen molar-refractivity contribution in [3.05, 3.63) is 119 Å². The van der Waals surface area contributed by atoms with Crippen molar-refractivity contribution in [1.29, 1.82) is 0 Å². The normalized spacial score (nSPS) is 13.7. The fraction of sp³-hybridized carbons (Fsp3) is 0.361. The number of hydrogen-bond acceptors (Lipinski definition) is 6. The first-order valence-corrected chi connectivity index (χ1v) is 16.5. The van der Waals surface area contributed by atoms with Crippen LogP contribution in [0.15, 0.2) is 105 Å². The lowest BCUT2D eigenvalue weighted by molar-refractivity contribution is 0.399. The zero-order chi connectivity index (χ0) is 33.5. The van der Waals surface area contributed by atoms with Gasteiger partial charge in [0.05, 0.1) is 17.0 Å². The van der Waals surface area contributed by atoms with Crippen molar-refractivity contribution in [2.75, 3.05) is 14.2 Å². The van der Waals surface area contributed by atoms with Gasteiger partial charge in [-0.25, -0.2) is 18.1 Å². The Morgan fingerprint density at radius 3 is 2.11 bits per heavy atom. The topological polar surface area (TPSA) is 106 Å². The van der Waals surface area contributed by atoms with Crippen molar-refractivity contribution in [2.24, 2.45) is 5.92 Å². The van der Waals surface area contributed by atoms with Crippen LogP contribution < -0.4 is 4.72 Å². The Bertz CT molecular complexity index is 1420. The summed E-state index contributed by atoms with van der Waals surface area (Å²) in [4.78, 5) is 4.98. The molecule has 2 N–H and O–H groups in total. The Labute approximate surface area is 265 Å². The fourth-order valence-electron chi connectivity index (χ4n) is 3.93. The average Bonchev–Trinajstić information content (AvgIpc) is 3.73. The zero-order valence-corrected chi connectivity index (χ0v) is 28.6. The Balaban J connectivity index is 0.000000705. The van der Waals surface area contributed by atoms with Crippen molar-refractivity contribution in [1.82, 2.24) is 9.71 Å². The Morgan fingerprint density at radius 1 is 1.00 bits per heavy atom. The number of aromatic nitrogens is 1. The minimum absolute atomic E-state index is 0.351. The smallest absolute Gasteiger partial charge is 0.239 e. The average molecular weight is 625 g/mol. The first-order valence-electron chi connectivity index (χ1n) is 15.0. The second-order valence-corrected chi connectivity index (χ2v) is 10.9. The van der Waals surface area contributed by atoms with E-state index >= 15 is 0 Å². The molecule has 242 valence electrons. The minimum atomic E-state index is -3.31. The van der Waals surface area contributed by atoms with Crippen molar-refractivity contribution < 1.29 is 22.4 Å². The van der Waals surface area contributed by atoms with Crippen LogP contribution in [0.25, 0.3) is 17.5 Å². The summed E-state index contributed by atoms with van der Waals surface area (Å²) in [7, 11) is -0.889. The van der Waals surface area contributed by atoms with Gasteiger partial charge in [-0.15, -0.1) is 0 Å². The molecule has 2 heterocycles. The van der Waals surface area contributed by atoms with Crippen LogP contribution in [-0.4, -0.2) is 32.7 Å². The third-order valence-corrected chi connectivity index (χ3v) is 7.81. The maximum atomic E-state index is 11.6. The molecule has 0 saturated heterocycles. The summed E-state index contributed by atoms with van der Waals surface area (Å²) in [6.45, 7) is 19.6. The summed E-state index contributed by atoms with van der Waals surface area (Å²) in [5.41, 5.74) is 2.93. The molecule has 1 aliphatic carbocycles. The zero-order valence-electron chi connectivity index (χ0n) is 27.8. The Kier molecular flexibility index (Phi) is 20.8. The molecule has 44 heavy (non-hydrogen) atoms. The molecule has 0 spiro atoms. The number of allylic oxidation sites excluding steroid dienone is 6. The minimum Gasteiger partial charge on any atom is -0.461 e. The van der Waals surface area contributed by atoms with Crippen molar-refractivity contribution in [2.45, 2.75) is 67.2 Å². The van der Waals surface area contributed by atoms with E-state index in [0.29, 0.717) is 23.1 Å². The van der Waals surface area contributed by atoms with E-state index in [-0.39, 0.29) is 0 Å². The van der Waals surface area contributed by atoms with Crippen LogP contribution in [0, 0.1) is 5.92 Å². The van der Waals surface area contributed by atoms with Gasteiger partial charge in [-0.1, -0.05) is 83.4 Å². The second kappa shape index (κ2) is 22.8. The Morgan fingerprint density at radius 2 is 1.64 bits per heavy atom. The lowest BCUT2D eigenvalue weighted by Crippen LogP contribution is -2.21. The highest BCUT2D eigenvalue weighted by molar-refractivity contribution is 7.93. The van der Waals surface area contributed by atoms with Gasteiger partial charge in [-0.05, 0) is 81.6 Å². The standard InChI is InChI=1S/C18H17NO2.C11H17NO2S.C4H8.C2H6.CH4O/c1-3-14-10-11-15(20-14)12-16-17(4-2)21-18(19-16)13-8-6-5-7-9-13;1-4-9-6-7-11(8-10(9)5-2)15(13,14)12-3;1-3-4-2;2*1-2/h3,5-11H,1,4,12H2,2H3;5,7-9,12H,2,4,6H2,1,3H3;3-4H,1-2H3;1-2H3;2H,1H3/b;;4-3-;;. The van der Waals surface area contributed by atoms with Gasteiger partial charge in [0.2, 0.25) is 15.9 Å². The predicted octanol–water partition coefficient (Wildman–Crippen LogP) is 8.91. The van der Waals surface area contributed by atoms with Crippen molar-refractivity contribution in [3.8, 4) is 11.5 Å². The summed E-state index contributed by atoms with van der Waals surface area (Å²) in [5, 5.41) is 7.00. The van der Waals surface area contributed by atoms with Crippen LogP contribution in [-0.2, 0) is 22.9 Å². The summed E-state index contributed by atoms with van der Waals surface area (Å²) in [6, 6.07) is 13.8. The molecule has 1 aromatic carbocycles.